The highest BCUT2D eigenvalue weighted by Gasteiger charge is 2.45. The predicted octanol–water partition coefficient (Wildman–Crippen LogP) is 6.23. The summed E-state index contributed by atoms with van der Waals surface area (Å²) in [5, 5.41) is 0.905. The zero-order chi connectivity index (χ0) is 21.8. The number of fused-ring (bicyclic) bond motifs is 4. The summed E-state index contributed by atoms with van der Waals surface area (Å²) in [5.41, 5.74) is 4.34. The van der Waals surface area contributed by atoms with Crippen molar-refractivity contribution in [3.8, 4) is 0 Å². The van der Waals surface area contributed by atoms with Gasteiger partial charge in [-0.2, -0.15) is 8.78 Å². The first-order chi connectivity index (χ1) is 14.0. The van der Waals surface area contributed by atoms with Gasteiger partial charge in [-0.25, -0.2) is 0 Å². The Morgan fingerprint density at radius 3 is 1.93 bits per heavy atom. The van der Waals surface area contributed by atoms with Crippen molar-refractivity contribution in [2.75, 3.05) is 14.1 Å². The number of halogens is 2. The molecule has 0 heterocycles. The molecule has 0 radical (unpaired) electrons. The number of rotatable bonds is 2. The number of nitrogens with zero attached hydrogens (tertiary/aromatic N) is 1. The summed E-state index contributed by atoms with van der Waals surface area (Å²) in [6.45, 7) is 6.28. The SMILES string of the molecule is CC(C)(C)[N+](C)(C)[Si](=O)C1=CC2=C(C1)c1ccccc1C(=C(F)F)c1ccccc12. The summed E-state index contributed by atoms with van der Waals surface area (Å²) in [4.78, 5) is 0. The smallest absolute Gasteiger partial charge is 0.325 e. The van der Waals surface area contributed by atoms with E-state index >= 15 is 0 Å². The Morgan fingerprint density at radius 2 is 1.40 bits per heavy atom. The molecule has 0 unspecified atom stereocenters. The molecule has 0 N–H and O–H groups in total. The molecule has 2 nitrogen and oxygen atoms in total. The van der Waals surface area contributed by atoms with Gasteiger partial charge in [0.25, 0.3) is 6.08 Å². The minimum atomic E-state index is -2.16. The van der Waals surface area contributed by atoms with Gasteiger partial charge in [-0.1, -0.05) is 48.5 Å². The molecule has 0 amide bonds. The zero-order valence-electron chi connectivity index (χ0n) is 18.0. The van der Waals surface area contributed by atoms with Gasteiger partial charge >= 0.3 is 8.84 Å². The summed E-state index contributed by atoms with van der Waals surface area (Å²) in [5.74, 6) is 0. The summed E-state index contributed by atoms with van der Waals surface area (Å²) in [6, 6.07) is 14.6. The van der Waals surface area contributed by atoms with Crippen LogP contribution in [0.4, 0.5) is 8.78 Å². The van der Waals surface area contributed by atoms with Crippen molar-refractivity contribution in [1.82, 2.24) is 0 Å². The van der Waals surface area contributed by atoms with Crippen LogP contribution >= 0.6 is 0 Å². The van der Waals surface area contributed by atoms with E-state index in [4.69, 9.17) is 0 Å². The van der Waals surface area contributed by atoms with Crippen LogP contribution in [0.15, 0.2) is 65.9 Å². The fraction of sp³-hybridized carbons (Fsp3) is 0.280. The van der Waals surface area contributed by atoms with E-state index in [-0.39, 0.29) is 11.1 Å². The first-order valence-electron chi connectivity index (χ1n) is 10.1. The Morgan fingerprint density at radius 1 is 0.900 bits per heavy atom. The monoisotopic (exact) mass is 422 g/mol. The lowest BCUT2D eigenvalue weighted by atomic mass is 9.92. The molecule has 0 saturated heterocycles. The van der Waals surface area contributed by atoms with Crippen LogP contribution in [0.25, 0.3) is 16.7 Å². The highest BCUT2D eigenvalue weighted by Crippen LogP contribution is 2.48. The Hall–Kier alpha value is -2.50. The van der Waals surface area contributed by atoms with Gasteiger partial charge in [0.1, 0.15) is 0 Å². The normalized spacial score (nSPS) is 15.8. The van der Waals surface area contributed by atoms with E-state index in [1.54, 1.807) is 24.3 Å². The highest BCUT2D eigenvalue weighted by molar-refractivity contribution is 6.46. The molecule has 5 heteroatoms. The van der Waals surface area contributed by atoms with Crippen LogP contribution in [-0.4, -0.2) is 32.6 Å². The lowest BCUT2D eigenvalue weighted by Crippen LogP contribution is -2.59. The lowest BCUT2D eigenvalue weighted by molar-refractivity contribution is -0.837. The Labute approximate surface area is 178 Å². The number of allylic oxidation sites excluding steroid dienone is 4. The summed E-state index contributed by atoms with van der Waals surface area (Å²) in [7, 11) is 1.86. The van der Waals surface area contributed by atoms with Gasteiger partial charge in [-0.3, -0.25) is 0 Å². The largest absolute Gasteiger partial charge is 0.587 e. The second kappa shape index (κ2) is 7.03. The molecule has 0 spiro atoms. The van der Waals surface area contributed by atoms with E-state index < -0.39 is 14.9 Å². The maximum Gasteiger partial charge on any atom is 0.587 e. The molecule has 154 valence electrons. The molecule has 0 aromatic heterocycles. The van der Waals surface area contributed by atoms with Gasteiger partial charge in [-0.15, -0.1) is 0 Å². The van der Waals surface area contributed by atoms with Crippen molar-refractivity contribution in [2.24, 2.45) is 0 Å². The van der Waals surface area contributed by atoms with Crippen molar-refractivity contribution in [3.05, 3.63) is 88.1 Å². The standard InChI is InChI=1S/C25H26F2NOSi/c1-25(2,3)28(4,5)30(29)16-14-21-17-10-6-8-12-19(17)23(24(26)27)20-13-9-7-11-18(20)22(21)15-16/h6-14H,15H2,1-5H3/q+1. The van der Waals surface area contributed by atoms with Gasteiger partial charge in [0, 0.05) is 11.6 Å². The van der Waals surface area contributed by atoms with Gasteiger partial charge in [-0.05, 0) is 60.2 Å². The fourth-order valence-corrected chi connectivity index (χ4v) is 6.05. The van der Waals surface area contributed by atoms with E-state index in [9.17, 15) is 13.2 Å². The van der Waals surface area contributed by atoms with Gasteiger partial charge in [0.2, 0.25) is 0 Å². The van der Waals surface area contributed by atoms with Crippen molar-refractivity contribution in [1.29, 1.82) is 0 Å². The van der Waals surface area contributed by atoms with E-state index in [2.05, 4.69) is 20.8 Å². The maximum absolute atomic E-state index is 14.1. The van der Waals surface area contributed by atoms with E-state index in [0.717, 1.165) is 27.5 Å². The Bertz CT molecular complexity index is 1160. The third kappa shape index (κ3) is 3.08. The van der Waals surface area contributed by atoms with Crippen LogP contribution in [0.5, 0.6) is 0 Å². The molecular formula is C25H26F2NOSi+. The molecule has 0 bridgehead atoms. The molecule has 0 atom stereocenters. The molecule has 0 saturated carbocycles. The minimum absolute atomic E-state index is 0.0102. The quantitative estimate of drug-likeness (QED) is 0.524. The molecule has 0 fully saturated rings. The molecule has 2 aliphatic carbocycles. The fourth-order valence-electron chi connectivity index (χ4n) is 4.13. The zero-order valence-corrected chi connectivity index (χ0v) is 19.0. The average Bonchev–Trinajstić information content (AvgIpc) is 3.08. The number of quaternary nitrogens is 1. The third-order valence-electron chi connectivity index (χ3n) is 6.67. The average molecular weight is 423 g/mol. The number of benzene rings is 2. The van der Waals surface area contributed by atoms with E-state index in [0.29, 0.717) is 21.7 Å². The highest BCUT2D eigenvalue weighted by atomic mass is 28.3. The molecule has 2 aromatic carbocycles. The lowest BCUT2D eigenvalue weighted by Gasteiger charge is -2.41. The molecule has 0 aliphatic heterocycles. The first-order valence-corrected chi connectivity index (χ1v) is 11.5. The summed E-state index contributed by atoms with van der Waals surface area (Å²) < 4.78 is 42.3. The number of hydrogen-bond donors (Lipinski definition) is 0. The van der Waals surface area contributed by atoms with Crippen LogP contribution in [0.1, 0.15) is 49.4 Å². The van der Waals surface area contributed by atoms with Crippen LogP contribution in [0.3, 0.4) is 0 Å². The molecule has 2 aliphatic rings. The molecule has 4 rings (SSSR count). The Balaban J connectivity index is 1.94. The van der Waals surface area contributed by atoms with Crippen molar-refractivity contribution < 1.29 is 17.4 Å². The molecule has 2 aromatic rings. The number of hydrogen-bond acceptors (Lipinski definition) is 1. The second-order valence-corrected chi connectivity index (χ2v) is 11.8. The third-order valence-corrected chi connectivity index (χ3v) is 9.22. The van der Waals surface area contributed by atoms with Crippen molar-refractivity contribution >= 4 is 25.6 Å². The van der Waals surface area contributed by atoms with Crippen LogP contribution in [0.2, 0.25) is 0 Å². The van der Waals surface area contributed by atoms with Crippen LogP contribution in [-0.2, 0) is 4.46 Å². The molecular weight excluding hydrogens is 396 g/mol. The molecule has 30 heavy (non-hydrogen) atoms. The van der Waals surface area contributed by atoms with E-state index in [1.807, 2.05) is 44.4 Å². The first kappa shape index (κ1) is 20.8. The van der Waals surface area contributed by atoms with Gasteiger partial charge in [0.15, 0.2) is 0 Å². The van der Waals surface area contributed by atoms with Crippen molar-refractivity contribution in [3.63, 3.8) is 0 Å². The summed E-state index contributed by atoms with van der Waals surface area (Å²) >= 11 is 0. The van der Waals surface area contributed by atoms with Gasteiger partial charge in [0.05, 0.1) is 25.2 Å². The Kier molecular flexibility index (Phi) is 4.86. The predicted molar refractivity (Wildman–Crippen MR) is 119 cm³/mol. The van der Waals surface area contributed by atoms with Gasteiger partial charge < -0.3 is 8.61 Å². The minimum Gasteiger partial charge on any atom is -0.325 e. The maximum atomic E-state index is 14.1. The van der Waals surface area contributed by atoms with E-state index in [1.165, 1.54) is 0 Å². The van der Waals surface area contributed by atoms with Crippen molar-refractivity contribution in [2.45, 2.75) is 32.7 Å². The summed E-state index contributed by atoms with van der Waals surface area (Å²) in [6.07, 6.45) is 0.841. The second-order valence-electron chi connectivity index (χ2n) is 9.39. The van der Waals surface area contributed by atoms with Crippen LogP contribution in [0, 0.1) is 0 Å². The van der Waals surface area contributed by atoms with Crippen LogP contribution < -0.4 is 0 Å². The topological polar surface area (TPSA) is 17.1 Å².